The summed E-state index contributed by atoms with van der Waals surface area (Å²) in [6, 6.07) is 7.70. The SMILES string of the molecule is CSc1ccc(NC(=O)ON2CCCCC2)cc1. The molecule has 2 rings (SSSR count). The van der Waals surface area contributed by atoms with E-state index in [1.807, 2.05) is 30.5 Å². The maximum Gasteiger partial charge on any atom is 0.430 e. The number of hydroxylamine groups is 2. The molecule has 98 valence electrons. The summed E-state index contributed by atoms with van der Waals surface area (Å²) in [5, 5.41) is 4.46. The van der Waals surface area contributed by atoms with E-state index < -0.39 is 6.09 Å². The minimum Gasteiger partial charge on any atom is -0.351 e. The Labute approximate surface area is 112 Å². The molecule has 1 amide bonds. The van der Waals surface area contributed by atoms with Crippen LogP contribution in [0.15, 0.2) is 29.2 Å². The van der Waals surface area contributed by atoms with E-state index in [9.17, 15) is 4.79 Å². The monoisotopic (exact) mass is 266 g/mol. The smallest absolute Gasteiger partial charge is 0.351 e. The Balaban J connectivity index is 1.82. The quantitative estimate of drug-likeness (QED) is 0.852. The van der Waals surface area contributed by atoms with Crippen LogP contribution in [0, 0.1) is 0 Å². The second-order valence-electron chi connectivity index (χ2n) is 4.22. The van der Waals surface area contributed by atoms with Gasteiger partial charge < -0.3 is 4.84 Å². The first-order chi connectivity index (χ1) is 8.78. The zero-order chi connectivity index (χ0) is 12.8. The molecule has 1 fully saturated rings. The van der Waals surface area contributed by atoms with E-state index in [4.69, 9.17) is 4.84 Å². The highest BCUT2D eigenvalue weighted by atomic mass is 32.2. The molecule has 0 radical (unpaired) electrons. The number of hydrogen-bond donors (Lipinski definition) is 1. The lowest BCUT2D eigenvalue weighted by Crippen LogP contribution is -2.34. The summed E-state index contributed by atoms with van der Waals surface area (Å²) < 4.78 is 0. The number of amides is 1. The summed E-state index contributed by atoms with van der Waals surface area (Å²) in [7, 11) is 0. The van der Waals surface area contributed by atoms with Gasteiger partial charge in [-0.05, 0) is 43.4 Å². The Hall–Kier alpha value is -1.20. The van der Waals surface area contributed by atoms with Crippen LogP contribution in [-0.4, -0.2) is 30.5 Å². The van der Waals surface area contributed by atoms with Crippen molar-refractivity contribution in [2.24, 2.45) is 0 Å². The highest BCUT2D eigenvalue weighted by Gasteiger charge is 2.14. The first-order valence-corrected chi connectivity index (χ1v) is 7.38. The summed E-state index contributed by atoms with van der Waals surface area (Å²) in [5.41, 5.74) is 0.759. The topological polar surface area (TPSA) is 41.6 Å². The van der Waals surface area contributed by atoms with Gasteiger partial charge in [0.1, 0.15) is 0 Å². The molecule has 1 saturated heterocycles. The molecule has 1 aliphatic rings. The average molecular weight is 266 g/mol. The third-order valence-electron chi connectivity index (χ3n) is 2.86. The van der Waals surface area contributed by atoms with Gasteiger partial charge in [0.15, 0.2) is 0 Å². The lowest BCUT2D eigenvalue weighted by Gasteiger charge is -2.24. The van der Waals surface area contributed by atoms with Crippen LogP contribution in [0.5, 0.6) is 0 Å². The number of carbonyl (C=O) groups is 1. The molecule has 1 aromatic carbocycles. The van der Waals surface area contributed by atoms with Gasteiger partial charge in [-0.15, -0.1) is 16.8 Å². The van der Waals surface area contributed by atoms with Crippen LogP contribution in [0.3, 0.4) is 0 Å². The van der Waals surface area contributed by atoms with Gasteiger partial charge in [-0.3, -0.25) is 5.32 Å². The molecule has 1 heterocycles. The number of anilines is 1. The van der Waals surface area contributed by atoms with E-state index in [0.29, 0.717) is 0 Å². The normalized spacial score (nSPS) is 16.3. The van der Waals surface area contributed by atoms with Gasteiger partial charge >= 0.3 is 6.09 Å². The Morgan fingerprint density at radius 2 is 1.89 bits per heavy atom. The van der Waals surface area contributed by atoms with E-state index >= 15 is 0 Å². The maximum absolute atomic E-state index is 11.7. The van der Waals surface area contributed by atoms with E-state index in [2.05, 4.69) is 5.32 Å². The largest absolute Gasteiger partial charge is 0.430 e. The third kappa shape index (κ3) is 3.92. The van der Waals surface area contributed by atoms with E-state index in [-0.39, 0.29) is 0 Å². The summed E-state index contributed by atoms with van der Waals surface area (Å²) in [4.78, 5) is 18.1. The van der Waals surface area contributed by atoms with Crippen LogP contribution < -0.4 is 5.32 Å². The molecule has 18 heavy (non-hydrogen) atoms. The number of carbonyl (C=O) groups excluding carboxylic acids is 1. The lowest BCUT2D eigenvalue weighted by molar-refractivity contribution is -0.105. The van der Waals surface area contributed by atoms with E-state index in [1.54, 1.807) is 16.8 Å². The zero-order valence-electron chi connectivity index (χ0n) is 10.5. The third-order valence-corrected chi connectivity index (χ3v) is 3.61. The molecular formula is C13H18N2O2S. The van der Waals surface area contributed by atoms with Gasteiger partial charge in [0.25, 0.3) is 0 Å². The Morgan fingerprint density at radius 3 is 2.50 bits per heavy atom. The fourth-order valence-electron chi connectivity index (χ4n) is 1.89. The lowest BCUT2D eigenvalue weighted by atomic mass is 10.2. The van der Waals surface area contributed by atoms with Crippen molar-refractivity contribution in [3.05, 3.63) is 24.3 Å². The molecule has 0 aliphatic carbocycles. The number of nitrogens with one attached hydrogen (secondary N) is 1. The number of benzene rings is 1. The molecule has 0 aromatic heterocycles. The van der Waals surface area contributed by atoms with Gasteiger partial charge in [-0.2, -0.15) is 0 Å². The van der Waals surface area contributed by atoms with Gasteiger partial charge in [0, 0.05) is 23.7 Å². The number of hydrogen-bond acceptors (Lipinski definition) is 4. The molecule has 1 N–H and O–H groups in total. The number of thioether (sulfide) groups is 1. The van der Waals surface area contributed by atoms with Gasteiger partial charge in [-0.25, -0.2) is 4.79 Å². The Morgan fingerprint density at radius 1 is 1.22 bits per heavy atom. The van der Waals surface area contributed by atoms with Crippen molar-refractivity contribution in [1.82, 2.24) is 5.06 Å². The summed E-state index contributed by atoms with van der Waals surface area (Å²) in [6.45, 7) is 1.66. The van der Waals surface area contributed by atoms with Crippen LogP contribution in [0.2, 0.25) is 0 Å². The molecule has 1 aromatic rings. The molecule has 4 nitrogen and oxygen atoms in total. The molecule has 0 unspecified atom stereocenters. The van der Waals surface area contributed by atoms with Crippen molar-refractivity contribution in [2.75, 3.05) is 24.7 Å². The van der Waals surface area contributed by atoms with Crippen molar-refractivity contribution >= 4 is 23.5 Å². The highest BCUT2D eigenvalue weighted by Crippen LogP contribution is 2.17. The van der Waals surface area contributed by atoms with Gasteiger partial charge in [0.05, 0.1) is 0 Å². The maximum atomic E-state index is 11.7. The van der Waals surface area contributed by atoms with Crippen molar-refractivity contribution < 1.29 is 9.63 Å². The Bertz CT molecular complexity index is 388. The molecule has 0 bridgehead atoms. The fraction of sp³-hybridized carbons (Fsp3) is 0.462. The van der Waals surface area contributed by atoms with Gasteiger partial charge in [-0.1, -0.05) is 6.42 Å². The van der Waals surface area contributed by atoms with Crippen LogP contribution in [0.4, 0.5) is 10.5 Å². The van der Waals surface area contributed by atoms with Crippen LogP contribution in [0.1, 0.15) is 19.3 Å². The molecule has 0 spiro atoms. The molecule has 5 heteroatoms. The molecule has 0 saturated carbocycles. The standard InChI is InChI=1S/C13H18N2O2S/c1-18-12-7-5-11(6-8-12)14-13(16)17-15-9-3-2-4-10-15/h5-8H,2-4,9-10H2,1H3,(H,14,16). The van der Waals surface area contributed by atoms with E-state index in [0.717, 1.165) is 31.6 Å². The molecule has 0 atom stereocenters. The first kappa shape index (κ1) is 13.2. The minimum atomic E-state index is -0.409. The number of piperidine rings is 1. The highest BCUT2D eigenvalue weighted by molar-refractivity contribution is 7.98. The summed E-state index contributed by atoms with van der Waals surface area (Å²) in [6.07, 6.45) is 5.02. The predicted molar refractivity (Wildman–Crippen MR) is 73.8 cm³/mol. The fourth-order valence-corrected chi connectivity index (χ4v) is 2.30. The summed E-state index contributed by atoms with van der Waals surface area (Å²) in [5.74, 6) is 0. The van der Waals surface area contributed by atoms with Crippen LogP contribution in [0.25, 0.3) is 0 Å². The Kier molecular flexibility index (Phi) is 4.90. The van der Waals surface area contributed by atoms with Gasteiger partial charge in [0.2, 0.25) is 0 Å². The van der Waals surface area contributed by atoms with Crippen molar-refractivity contribution in [3.8, 4) is 0 Å². The van der Waals surface area contributed by atoms with Crippen molar-refractivity contribution in [3.63, 3.8) is 0 Å². The zero-order valence-corrected chi connectivity index (χ0v) is 11.3. The predicted octanol–water partition coefficient (Wildman–Crippen LogP) is 3.36. The van der Waals surface area contributed by atoms with E-state index in [1.165, 1.54) is 11.3 Å². The van der Waals surface area contributed by atoms with Crippen LogP contribution in [-0.2, 0) is 4.84 Å². The van der Waals surface area contributed by atoms with Crippen LogP contribution >= 0.6 is 11.8 Å². The molecule has 1 aliphatic heterocycles. The van der Waals surface area contributed by atoms with Crippen molar-refractivity contribution in [2.45, 2.75) is 24.2 Å². The number of rotatable bonds is 3. The average Bonchev–Trinajstić information content (AvgIpc) is 2.40. The van der Waals surface area contributed by atoms with Crippen molar-refractivity contribution in [1.29, 1.82) is 0 Å². The minimum absolute atomic E-state index is 0.409. The molecular weight excluding hydrogens is 248 g/mol. The number of nitrogens with zero attached hydrogens (tertiary/aromatic N) is 1. The summed E-state index contributed by atoms with van der Waals surface area (Å²) >= 11 is 1.67. The second kappa shape index (κ2) is 6.66. The first-order valence-electron chi connectivity index (χ1n) is 6.16. The second-order valence-corrected chi connectivity index (χ2v) is 5.10.